The average molecular weight is 424 g/mol. The number of halogens is 1. The summed E-state index contributed by atoms with van der Waals surface area (Å²) in [7, 11) is 0. The number of nitro benzene ring substituents is 2. The molecule has 0 bridgehead atoms. The number of nitro groups is 2. The number of hydrogen-bond donors (Lipinski definition) is 1. The van der Waals surface area contributed by atoms with Gasteiger partial charge in [-0.2, -0.15) is 0 Å². The Morgan fingerprint density at radius 1 is 1.14 bits per heavy atom. The van der Waals surface area contributed by atoms with Crippen LogP contribution in [0.1, 0.15) is 13.8 Å². The maximum Gasteiger partial charge on any atom is 0.326 e. The van der Waals surface area contributed by atoms with Crippen molar-refractivity contribution in [2.45, 2.75) is 19.9 Å². The second kappa shape index (κ2) is 8.52. The third-order valence-electron chi connectivity index (χ3n) is 3.84. The van der Waals surface area contributed by atoms with E-state index in [2.05, 4.69) is 0 Å². The fraction of sp³-hybridized carbons (Fsp3) is 0.176. The van der Waals surface area contributed by atoms with Gasteiger partial charge in [0.25, 0.3) is 11.4 Å². The van der Waals surface area contributed by atoms with E-state index in [0.717, 1.165) is 36.1 Å². The summed E-state index contributed by atoms with van der Waals surface area (Å²) >= 11 is 5.97. The molecular formula is C17H14ClN3O8. The first-order valence-corrected chi connectivity index (χ1v) is 8.33. The Morgan fingerprint density at radius 3 is 2.28 bits per heavy atom. The van der Waals surface area contributed by atoms with Gasteiger partial charge < -0.3 is 9.84 Å². The Balaban J connectivity index is 2.52. The number of anilines is 1. The summed E-state index contributed by atoms with van der Waals surface area (Å²) in [6.07, 6.45) is 0. The van der Waals surface area contributed by atoms with Crippen molar-refractivity contribution < 1.29 is 29.3 Å². The van der Waals surface area contributed by atoms with E-state index < -0.39 is 33.5 Å². The van der Waals surface area contributed by atoms with Gasteiger partial charge in [0.05, 0.1) is 14.9 Å². The first-order valence-electron chi connectivity index (χ1n) is 7.95. The van der Waals surface area contributed by atoms with Crippen LogP contribution in [0.4, 0.5) is 17.1 Å². The number of hydrogen-bond acceptors (Lipinski definition) is 7. The number of carbonyl (C=O) groups is 2. The molecular weight excluding hydrogens is 410 g/mol. The van der Waals surface area contributed by atoms with Crippen molar-refractivity contribution in [2.75, 3.05) is 4.90 Å². The van der Waals surface area contributed by atoms with Crippen LogP contribution < -0.4 is 9.64 Å². The lowest BCUT2D eigenvalue weighted by Crippen LogP contribution is -2.42. The van der Waals surface area contributed by atoms with Gasteiger partial charge in [-0.05, 0) is 19.1 Å². The number of benzene rings is 2. The van der Waals surface area contributed by atoms with E-state index in [4.69, 9.17) is 16.3 Å². The minimum Gasteiger partial charge on any atom is -0.480 e. The number of nitrogens with zero attached hydrogens (tertiary/aromatic N) is 3. The van der Waals surface area contributed by atoms with Crippen molar-refractivity contribution in [1.29, 1.82) is 0 Å². The fourth-order valence-electron chi connectivity index (χ4n) is 2.49. The van der Waals surface area contributed by atoms with E-state index in [1.165, 1.54) is 19.1 Å². The monoisotopic (exact) mass is 423 g/mol. The molecule has 29 heavy (non-hydrogen) atoms. The van der Waals surface area contributed by atoms with Gasteiger partial charge in [-0.25, -0.2) is 4.79 Å². The summed E-state index contributed by atoms with van der Waals surface area (Å²) in [5, 5.41) is 31.3. The predicted molar refractivity (Wildman–Crippen MR) is 102 cm³/mol. The van der Waals surface area contributed by atoms with Gasteiger partial charge in [-0.1, -0.05) is 11.6 Å². The molecule has 11 nitrogen and oxygen atoms in total. The van der Waals surface area contributed by atoms with Gasteiger partial charge in [0.1, 0.15) is 23.2 Å². The molecule has 2 aromatic rings. The SMILES string of the molecule is CC(=O)N(c1cc(Oc2ccc([N+](=O)[O-])cc2Cl)ccc1[N+](=O)[O-])C(C)C(=O)O. The number of ether oxygens (including phenoxy) is 1. The Kier molecular flexibility index (Phi) is 6.34. The minimum atomic E-state index is -1.38. The third-order valence-corrected chi connectivity index (χ3v) is 4.14. The van der Waals surface area contributed by atoms with Crippen LogP contribution in [0.2, 0.25) is 5.02 Å². The molecule has 1 amide bonds. The van der Waals surface area contributed by atoms with Gasteiger partial charge in [-0.3, -0.25) is 29.9 Å². The van der Waals surface area contributed by atoms with E-state index in [-0.39, 0.29) is 27.9 Å². The van der Waals surface area contributed by atoms with E-state index in [1.54, 1.807) is 0 Å². The molecule has 0 aromatic heterocycles. The molecule has 2 aromatic carbocycles. The summed E-state index contributed by atoms with van der Waals surface area (Å²) < 4.78 is 5.53. The van der Waals surface area contributed by atoms with Crippen LogP contribution in [0.5, 0.6) is 11.5 Å². The molecule has 12 heteroatoms. The van der Waals surface area contributed by atoms with E-state index in [9.17, 15) is 34.9 Å². The average Bonchev–Trinajstić information content (AvgIpc) is 2.62. The smallest absolute Gasteiger partial charge is 0.326 e. The number of carbonyl (C=O) groups excluding carboxylic acids is 1. The number of rotatable bonds is 7. The molecule has 0 aliphatic heterocycles. The molecule has 0 aliphatic rings. The standard InChI is InChI=1S/C17H14ClN3O8/c1-9(17(23)24)19(10(2)22)15-8-12(4-5-14(15)21(27)28)29-16-6-3-11(20(25)26)7-13(16)18/h3-9H,1-2H3,(H,23,24). The zero-order valence-electron chi connectivity index (χ0n) is 15.1. The Morgan fingerprint density at radius 2 is 1.79 bits per heavy atom. The van der Waals surface area contributed by atoms with Crippen LogP contribution in [0.15, 0.2) is 36.4 Å². The van der Waals surface area contributed by atoms with Crippen molar-refractivity contribution in [2.24, 2.45) is 0 Å². The summed E-state index contributed by atoms with van der Waals surface area (Å²) in [5.74, 6) is -2.06. The first kappa shape index (κ1) is 21.6. The molecule has 152 valence electrons. The molecule has 1 unspecified atom stereocenters. The lowest BCUT2D eigenvalue weighted by Gasteiger charge is -2.25. The third kappa shape index (κ3) is 4.76. The number of carboxylic acids is 1. The van der Waals surface area contributed by atoms with Crippen LogP contribution in [-0.2, 0) is 9.59 Å². The topological polar surface area (TPSA) is 153 Å². The second-order valence-electron chi connectivity index (χ2n) is 5.78. The highest BCUT2D eigenvalue weighted by atomic mass is 35.5. The number of carboxylic acid groups (broad SMARTS) is 1. The zero-order chi connectivity index (χ0) is 21.9. The van der Waals surface area contributed by atoms with Gasteiger partial charge in [0.15, 0.2) is 0 Å². The van der Waals surface area contributed by atoms with E-state index in [0.29, 0.717) is 0 Å². The Labute approximate surface area is 168 Å². The normalized spacial score (nSPS) is 11.4. The van der Waals surface area contributed by atoms with Crippen LogP contribution in [0.25, 0.3) is 0 Å². The molecule has 0 heterocycles. The maximum absolute atomic E-state index is 12.0. The Bertz CT molecular complexity index is 1010. The highest BCUT2D eigenvalue weighted by molar-refractivity contribution is 6.32. The van der Waals surface area contributed by atoms with Crippen molar-refractivity contribution >= 4 is 40.5 Å². The summed E-state index contributed by atoms with van der Waals surface area (Å²) in [6.45, 7) is 2.28. The molecule has 0 aliphatic carbocycles. The number of amides is 1. The van der Waals surface area contributed by atoms with E-state index in [1.807, 2.05) is 0 Å². The molecule has 0 radical (unpaired) electrons. The van der Waals surface area contributed by atoms with Crippen molar-refractivity contribution in [3.63, 3.8) is 0 Å². The lowest BCUT2D eigenvalue weighted by molar-refractivity contribution is -0.384. The largest absolute Gasteiger partial charge is 0.480 e. The van der Waals surface area contributed by atoms with Crippen LogP contribution in [0.3, 0.4) is 0 Å². The summed E-state index contributed by atoms with van der Waals surface area (Å²) in [4.78, 5) is 44.8. The molecule has 0 saturated carbocycles. The Hall–Kier alpha value is -3.73. The molecule has 0 spiro atoms. The molecule has 0 saturated heterocycles. The second-order valence-corrected chi connectivity index (χ2v) is 6.19. The molecule has 1 N–H and O–H groups in total. The maximum atomic E-state index is 12.0. The minimum absolute atomic E-state index is 0.00481. The van der Waals surface area contributed by atoms with Crippen molar-refractivity contribution in [1.82, 2.24) is 0 Å². The van der Waals surface area contributed by atoms with E-state index >= 15 is 0 Å². The number of aliphatic carboxylic acids is 1. The van der Waals surface area contributed by atoms with Gasteiger partial charge in [0, 0.05) is 31.2 Å². The molecule has 1 atom stereocenters. The van der Waals surface area contributed by atoms with Gasteiger partial charge in [0.2, 0.25) is 5.91 Å². The summed E-state index contributed by atoms with van der Waals surface area (Å²) in [6, 6.07) is 5.47. The quantitative estimate of drug-likeness (QED) is 0.521. The first-order chi connectivity index (χ1) is 13.5. The number of non-ortho nitro benzene ring substituents is 1. The summed E-state index contributed by atoms with van der Waals surface area (Å²) in [5.41, 5.74) is -1.05. The highest BCUT2D eigenvalue weighted by Crippen LogP contribution is 2.37. The fourth-order valence-corrected chi connectivity index (χ4v) is 2.70. The van der Waals surface area contributed by atoms with Gasteiger partial charge >= 0.3 is 5.97 Å². The lowest BCUT2D eigenvalue weighted by atomic mass is 10.1. The molecule has 0 fully saturated rings. The van der Waals surface area contributed by atoms with Crippen LogP contribution in [0, 0.1) is 20.2 Å². The highest BCUT2D eigenvalue weighted by Gasteiger charge is 2.31. The predicted octanol–water partition coefficient (Wildman–Crippen LogP) is 3.77. The van der Waals surface area contributed by atoms with Crippen LogP contribution in [-0.4, -0.2) is 32.9 Å². The van der Waals surface area contributed by atoms with Crippen molar-refractivity contribution in [3.05, 3.63) is 61.6 Å². The van der Waals surface area contributed by atoms with Crippen molar-refractivity contribution in [3.8, 4) is 11.5 Å². The zero-order valence-corrected chi connectivity index (χ0v) is 15.8. The molecule has 2 rings (SSSR count). The van der Waals surface area contributed by atoms with Crippen LogP contribution >= 0.6 is 11.6 Å². The van der Waals surface area contributed by atoms with Gasteiger partial charge in [-0.15, -0.1) is 0 Å².